The Labute approximate surface area is 179 Å². The van der Waals surface area contributed by atoms with Gasteiger partial charge in [-0.2, -0.15) is 0 Å². The van der Waals surface area contributed by atoms with Crippen molar-refractivity contribution in [2.24, 2.45) is 5.92 Å². The number of piperidine rings is 1. The molecule has 0 radical (unpaired) electrons. The quantitative estimate of drug-likeness (QED) is 0.673. The minimum absolute atomic E-state index is 0.230. The van der Waals surface area contributed by atoms with Gasteiger partial charge in [0.15, 0.2) is 22.8 Å². The summed E-state index contributed by atoms with van der Waals surface area (Å²) in [4.78, 5) is 25.5. The second-order valence-electron chi connectivity index (χ2n) is 9.13. The molecule has 2 bridgehead atoms. The van der Waals surface area contributed by atoms with E-state index in [1.54, 1.807) is 12.4 Å². The third-order valence-electron chi connectivity index (χ3n) is 6.87. The van der Waals surface area contributed by atoms with Crippen molar-refractivity contribution in [2.45, 2.75) is 51.0 Å². The minimum Gasteiger partial charge on any atom is -0.381 e. The van der Waals surface area contributed by atoms with Gasteiger partial charge in [0.1, 0.15) is 11.4 Å². The molecular formula is C21H26N8O2. The van der Waals surface area contributed by atoms with Crippen LogP contribution in [0.5, 0.6) is 0 Å². The molecule has 10 heteroatoms. The normalized spacial score (nSPS) is 26.5. The van der Waals surface area contributed by atoms with Crippen LogP contribution in [0.1, 0.15) is 32.5 Å². The Kier molecular flexibility index (Phi) is 4.00. The van der Waals surface area contributed by atoms with E-state index in [1.165, 1.54) is 0 Å². The Balaban J connectivity index is 1.54. The first-order valence-corrected chi connectivity index (χ1v) is 10.7. The Morgan fingerprint density at radius 2 is 1.97 bits per heavy atom. The Morgan fingerprint density at radius 3 is 2.68 bits per heavy atom. The number of nitrogen functional groups attached to an aromatic ring is 1. The van der Waals surface area contributed by atoms with Crippen LogP contribution in [0.3, 0.4) is 0 Å². The smallest absolute Gasteiger partial charge is 0.219 e. The molecule has 1 aliphatic carbocycles. The van der Waals surface area contributed by atoms with E-state index in [-0.39, 0.29) is 5.95 Å². The number of aromatic nitrogens is 6. The van der Waals surface area contributed by atoms with Gasteiger partial charge in [-0.05, 0) is 26.7 Å². The summed E-state index contributed by atoms with van der Waals surface area (Å²) in [5.41, 5.74) is 7.60. The fourth-order valence-electron chi connectivity index (χ4n) is 5.35. The summed E-state index contributed by atoms with van der Waals surface area (Å²) >= 11 is 0. The fraction of sp³-hybridized carbons (Fsp3) is 0.571. The molecule has 2 fully saturated rings. The molecule has 31 heavy (non-hydrogen) atoms. The van der Waals surface area contributed by atoms with Crippen LogP contribution in [0, 0.1) is 5.92 Å². The molecule has 3 aromatic heterocycles. The third kappa shape index (κ3) is 2.81. The van der Waals surface area contributed by atoms with E-state index in [2.05, 4.69) is 19.4 Å². The first kappa shape index (κ1) is 18.9. The molecule has 6 rings (SSSR count). The van der Waals surface area contributed by atoms with Gasteiger partial charge < -0.3 is 24.7 Å². The topological polar surface area (TPSA) is 117 Å². The van der Waals surface area contributed by atoms with E-state index in [0.29, 0.717) is 37.0 Å². The van der Waals surface area contributed by atoms with Gasteiger partial charge in [0, 0.05) is 44.6 Å². The first-order valence-electron chi connectivity index (χ1n) is 10.7. The zero-order chi connectivity index (χ0) is 21.3. The van der Waals surface area contributed by atoms with E-state index in [1.807, 2.05) is 21.0 Å². The minimum atomic E-state index is -0.480. The van der Waals surface area contributed by atoms with Crippen molar-refractivity contribution in [1.82, 2.24) is 29.5 Å². The van der Waals surface area contributed by atoms with Gasteiger partial charge in [0.2, 0.25) is 5.95 Å². The van der Waals surface area contributed by atoms with Crippen LogP contribution in [-0.2, 0) is 21.6 Å². The molecule has 1 saturated heterocycles. The van der Waals surface area contributed by atoms with Crippen LogP contribution >= 0.6 is 0 Å². The van der Waals surface area contributed by atoms with E-state index >= 15 is 0 Å². The van der Waals surface area contributed by atoms with Crippen molar-refractivity contribution in [2.75, 3.05) is 30.9 Å². The average Bonchev–Trinajstić information content (AvgIpc) is 3.46. The lowest BCUT2D eigenvalue weighted by atomic mass is 10.1. The molecule has 5 heterocycles. The zero-order valence-corrected chi connectivity index (χ0v) is 17.9. The zero-order valence-electron chi connectivity index (χ0n) is 17.9. The summed E-state index contributed by atoms with van der Waals surface area (Å²) < 4.78 is 13.9. The number of nitrogens with zero attached hydrogens (tertiary/aromatic N) is 7. The monoisotopic (exact) mass is 422 g/mol. The summed E-state index contributed by atoms with van der Waals surface area (Å²) in [7, 11) is 1.81. The lowest BCUT2D eigenvalue weighted by molar-refractivity contribution is -0.0530. The molecule has 162 valence electrons. The predicted octanol–water partition coefficient (Wildman–Crippen LogP) is 1.74. The molecule has 10 nitrogen and oxygen atoms in total. The molecule has 2 aliphatic heterocycles. The lowest BCUT2D eigenvalue weighted by Crippen LogP contribution is -2.39. The first-order chi connectivity index (χ1) is 14.9. The SMILES string of the molecule is CO[C@@H]1C[C@@H]2CC1CN2c1nc(-c2cnc(N)nc2)nc2c1nc1n2CCOC1(C)C. The number of imidazole rings is 1. The van der Waals surface area contributed by atoms with Crippen LogP contribution in [0.15, 0.2) is 12.4 Å². The molecule has 3 atom stereocenters. The Bertz CT molecular complexity index is 1160. The highest BCUT2D eigenvalue weighted by molar-refractivity contribution is 5.87. The summed E-state index contributed by atoms with van der Waals surface area (Å²) in [6, 6.07) is 0.395. The van der Waals surface area contributed by atoms with Gasteiger partial charge >= 0.3 is 0 Å². The molecule has 0 spiro atoms. The highest BCUT2D eigenvalue weighted by Gasteiger charge is 2.46. The second-order valence-corrected chi connectivity index (χ2v) is 9.13. The van der Waals surface area contributed by atoms with Crippen LogP contribution < -0.4 is 10.6 Å². The molecule has 0 amide bonds. The standard InChI is InChI=1S/C21H26N8O2/c1-21(2)19-25-15-17(28(19)4-5-31-21)26-16(12-8-23-20(22)24-9-12)27-18(15)29-10-11-6-13(29)7-14(11)30-3/h8-9,11,13-14H,4-7,10H2,1-3H3,(H2,22,23,24)/t11?,13-,14+/m0/s1. The molecule has 1 unspecified atom stereocenters. The van der Waals surface area contributed by atoms with Crippen molar-refractivity contribution in [3.05, 3.63) is 18.2 Å². The van der Waals surface area contributed by atoms with Gasteiger partial charge in [-0.3, -0.25) is 0 Å². The fourth-order valence-corrected chi connectivity index (χ4v) is 5.35. The van der Waals surface area contributed by atoms with Gasteiger partial charge in [0.05, 0.1) is 18.3 Å². The largest absolute Gasteiger partial charge is 0.381 e. The molecule has 3 aliphatic rings. The molecule has 2 N–H and O–H groups in total. The maximum atomic E-state index is 6.00. The van der Waals surface area contributed by atoms with Crippen LogP contribution in [0.2, 0.25) is 0 Å². The number of hydrogen-bond acceptors (Lipinski definition) is 9. The van der Waals surface area contributed by atoms with Crippen molar-refractivity contribution in [1.29, 1.82) is 0 Å². The third-order valence-corrected chi connectivity index (χ3v) is 6.87. The van der Waals surface area contributed by atoms with E-state index in [0.717, 1.165) is 47.8 Å². The maximum absolute atomic E-state index is 6.00. The number of rotatable bonds is 3. The summed E-state index contributed by atoms with van der Waals surface area (Å²) in [5.74, 6) is 3.08. The van der Waals surface area contributed by atoms with Gasteiger partial charge in [-0.15, -0.1) is 0 Å². The number of fused-ring (bicyclic) bond motifs is 5. The maximum Gasteiger partial charge on any atom is 0.219 e. The number of methoxy groups -OCH3 is 1. The number of anilines is 2. The highest BCUT2D eigenvalue weighted by Crippen LogP contribution is 2.44. The number of nitrogens with two attached hydrogens (primary N) is 1. The van der Waals surface area contributed by atoms with Crippen LogP contribution in [-0.4, -0.2) is 61.9 Å². The van der Waals surface area contributed by atoms with E-state index in [4.69, 9.17) is 30.2 Å². The lowest BCUT2D eigenvalue weighted by Gasteiger charge is -2.32. The summed E-state index contributed by atoms with van der Waals surface area (Å²) in [6.07, 6.45) is 5.79. The average molecular weight is 422 g/mol. The van der Waals surface area contributed by atoms with Gasteiger partial charge in [-0.25, -0.2) is 24.9 Å². The second kappa shape index (κ2) is 6.57. The molecule has 0 aromatic carbocycles. The van der Waals surface area contributed by atoms with E-state index in [9.17, 15) is 0 Å². The summed E-state index contributed by atoms with van der Waals surface area (Å²) in [6.45, 7) is 6.34. The van der Waals surface area contributed by atoms with Crippen molar-refractivity contribution >= 4 is 22.9 Å². The number of ether oxygens (including phenoxy) is 2. The highest BCUT2D eigenvalue weighted by atomic mass is 16.5. The Hall–Kier alpha value is -2.85. The molecular weight excluding hydrogens is 396 g/mol. The molecule has 3 aromatic rings. The predicted molar refractivity (Wildman–Crippen MR) is 114 cm³/mol. The van der Waals surface area contributed by atoms with Crippen molar-refractivity contribution < 1.29 is 9.47 Å². The van der Waals surface area contributed by atoms with Gasteiger partial charge in [-0.1, -0.05) is 0 Å². The van der Waals surface area contributed by atoms with Crippen LogP contribution in [0.25, 0.3) is 22.6 Å². The Morgan fingerprint density at radius 1 is 1.16 bits per heavy atom. The van der Waals surface area contributed by atoms with Crippen LogP contribution in [0.4, 0.5) is 11.8 Å². The van der Waals surface area contributed by atoms with E-state index < -0.39 is 5.60 Å². The van der Waals surface area contributed by atoms with Gasteiger partial charge in [0.25, 0.3) is 0 Å². The number of hydrogen-bond donors (Lipinski definition) is 1. The van der Waals surface area contributed by atoms with Crippen molar-refractivity contribution in [3.8, 4) is 11.4 Å². The molecule has 1 saturated carbocycles. The van der Waals surface area contributed by atoms with Crippen molar-refractivity contribution in [3.63, 3.8) is 0 Å². The summed E-state index contributed by atoms with van der Waals surface area (Å²) in [5, 5.41) is 0.